The van der Waals surface area contributed by atoms with Gasteiger partial charge >= 0.3 is 6.18 Å². The molecule has 0 aliphatic carbocycles. The average Bonchev–Trinajstić information content (AvgIpc) is 2.89. The number of pyridine rings is 2. The molecule has 0 bridgehead atoms. The fourth-order valence-corrected chi connectivity index (χ4v) is 2.97. The molecule has 0 saturated carbocycles. The van der Waals surface area contributed by atoms with E-state index in [2.05, 4.69) is 15.3 Å². The Kier molecular flexibility index (Phi) is 4.81. The van der Waals surface area contributed by atoms with Crippen molar-refractivity contribution in [3.8, 4) is 0 Å². The van der Waals surface area contributed by atoms with Crippen LogP contribution in [0.5, 0.6) is 0 Å². The van der Waals surface area contributed by atoms with Gasteiger partial charge in [0.25, 0.3) is 0 Å². The van der Waals surface area contributed by atoms with Crippen LogP contribution in [0, 0.1) is 11.9 Å². The van der Waals surface area contributed by atoms with Crippen LogP contribution >= 0.6 is 0 Å². The van der Waals surface area contributed by atoms with Gasteiger partial charge in [0, 0.05) is 25.7 Å². The zero-order chi connectivity index (χ0) is 19.8. The van der Waals surface area contributed by atoms with Crippen molar-refractivity contribution in [3.63, 3.8) is 0 Å². The minimum atomic E-state index is -4.58. The van der Waals surface area contributed by atoms with E-state index in [0.717, 1.165) is 18.3 Å². The summed E-state index contributed by atoms with van der Waals surface area (Å²) in [5, 5.41) is 2.37. The standard InChI is InChI=1S/C17H14F4N4O2/c1-25-8-10(9-5-6-11(22-7-9)17(19,20)21)14(16(25)27)15(26)24-13-4-2-3-12(18)23-13/h2-7,10,14H,8H2,1H3,(H,23,24,26)/t10-,14+/m0/s1. The molecule has 0 radical (unpaired) electrons. The first kappa shape index (κ1) is 18.7. The first-order chi connectivity index (χ1) is 12.7. The molecule has 0 unspecified atom stereocenters. The third-order valence-electron chi connectivity index (χ3n) is 4.27. The zero-order valence-corrected chi connectivity index (χ0v) is 14.0. The van der Waals surface area contributed by atoms with Crippen molar-refractivity contribution in [2.24, 2.45) is 5.92 Å². The summed E-state index contributed by atoms with van der Waals surface area (Å²) >= 11 is 0. The molecule has 3 heterocycles. The lowest BCUT2D eigenvalue weighted by molar-refractivity contribution is -0.141. The summed E-state index contributed by atoms with van der Waals surface area (Å²) in [6.07, 6.45) is -3.57. The van der Waals surface area contributed by atoms with Crippen molar-refractivity contribution in [2.75, 3.05) is 18.9 Å². The molecule has 1 aliphatic heterocycles. The van der Waals surface area contributed by atoms with Crippen molar-refractivity contribution in [1.82, 2.24) is 14.9 Å². The highest BCUT2D eigenvalue weighted by Crippen LogP contribution is 2.35. The molecule has 2 atom stereocenters. The van der Waals surface area contributed by atoms with Gasteiger partial charge in [-0.25, -0.2) is 4.98 Å². The van der Waals surface area contributed by atoms with Crippen LogP contribution in [0.4, 0.5) is 23.4 Å². The molecular weight excluding hydrogens is 368 g/mol. The Hall–Kier alpha value is -3.04. The lowest BCUT2D eigenvalue weighted by Crippen LogP contribution is -2.33. The first-order valence-corrected chi connectivity index (χ1v) is 7.88. The third kappa shape index (κ3) is 3.88. The molecule has 1 saturated heterocycles. The van der Waals surface area contributed by atoms with Crippen LogP contribution in [-0.2, 0) is 15.8 Å². The van der Waals surface area contributed by atoms with Crippen LogP contribution in [0.2, 0.25) is 0 Å². The summed E-state index contributed by atoms with van der Waals surface area (Å²) in [5.74, 6) is -3.94. The van der Waals surface area contributed by atoms with Gasteiger partial charge in [0.2, 0.25) is 17.8 Å². The van der Waals surface area contributed by atoms with Crippen LogP contribution in [-0.4, -0.2) is 40.3 Å². The Morgan fingerprint density at radius 2 is 2.00 bits per heavy atom. The summed E-state index contributed by atoms with van der Waals surface area (Å²) < 4.78 is 51.2. The molecule has 27 heavy (non-hydrogen) atoms. The molecule has 1 aliphatic rings. The number of halogens is 4. The fraction of sp³-hybridized carbons (Fsp3) is 0.294. The number of hydrogen-bond acceptors (Lipinski definition) is 4. The second kappa shape index (κ2) is 6.93. The van der Waals surface area contributed by atoms with Gasteiger partial charge in [-0.3, -0.25) is 14.6 Å². The number of likely N-dealkylation sites (tertiary alicyclic amines) is 1. The molecule has 0 spiro atoms. The Bertz CT molecular complexity index is 870. The number of amides is 2. The largest absolute Gasteiger partial charge is 0.433 e. The molecule has 2 amide bonds. The smallest absolute Gasteiger partial charge is 0.344 e. The van der Waals surface area contributed by atoms with Crippen molar-refractivity contribution in [3.05, 3.63) is 53.7 Å². The van der Waals surface area contributed by atoms with E-state index in [9.17, 15) is 27.2 Å². The molecular formula is C17H14F4N4O2. The van der Waals surface area contributed by atoms with E-state index < -0.39 is 41.5 Å². The van der Waals surface area contributed by atoms with Crippen LogP contribution in [0.25, 0.3) is 0 Å². The van der Waals surface area contributed by atoms with Crippen molar-refractivity contribution < 1.29 is 27.2 Å². The number of nitrogens with one attached hydrogen (secondary N) is 1. The maximum atomic E-state index is 13.2. The second-order valence-corrected chi connectivity index (χ2v) is 6.11. The van der Waals surface area contributed by atoms with E-state index in [1.807, 2.05) is 0 Å². The lowest BCUT2D eigenvalue weighted by Gasteiger charge is -2.17. The predicted octanol–water partition coefficient (Wildman–Crippen LogP) is 2.45. The molecule has 2 aromatic heterocycles. The maximum absolute atomic E-state index is 13.2. The summed E-state index contributed by atoms with van der Waals surface area (Å²) in [4.78, 5) is 33.2. The number of alkyl halides is 3. The number of carbonyl (C=O) groups excluding carboxylic acids is 2. The van der Waals surface area contributed by atoms with E-state index in [1.165, 1.54) is 30.1 Å². The highest BCUT2D eigenvalue weighted by atomic mass is 19.4. The fourth-order valence-electron chi connectivity index (χ4n) is 2.97. The molecule has 10 heteroatoms. The van der Waals surface area contributed by atoms with E-state index in [-0.39, 0.29) is 12.4 Å². The maximum Gasteiger partial charge on any atom is 0.433 e. The number of aromatic nitrogens is 2. The summed E-state index contributed by atoms with van der Waals surface area (Å²) in [5.41, 5.74) is -0.734. The number of carbonyl (C=O) groups is 2. The predicted molar refractivity (Wildman–Crippen MR) is 85.9 cm³/mol. The molecule has 6 nitrogen and oxygen atoms in total. The minimum Gasteiger partial charge on any atom is -0.344 e. The number of nitrogens with zero attached hydrogens (tertiary/aromatic N) is 3. The van der Waals surface area contributed by atoms with Crippen LogP contribution < -0.4 is 5.32 Å². The highest BCUT2D eigenvalue weighted by Gasteiger charge is 2.44. The highest BCUT2D eigenvalue weighted by molar-refractivity contribution is 6.08. The van der Waals surface area contributed by atoms with Crippen molar-refractivity contribution in [2.45, 2.75) is 12.1 Å². The second-order valence-electron chi connectivity index (χ2n) is 6.11. The topological polar surface area (TPSA) is 75.2 Å². The van der Waals surface area contributed by atoms with Gasteiger partial charge < -0.3 is 10.2 Å². The van der Waals surface area contributed by atoms with E-state index in [4.69, 9.17) is 0 Å². The van der Waals surface area contributed by atoms with Crippen molar-refractivity contribution in [1.29, 1.82) is 0 Å². The van der Waals surface area contributed by atoms with Crippen LogP contribution in [0.3, 0.4) is 0 Å². The van der Waals surface area contributed by atoms with Gasteiger partial charge in [-0.15, -0.1) is 0 Å². The number of anilines is 1. The normalized spacial score (nSPS) is 20.0. The average molecular weight is 382 g/mol. The molecule has 1 fully saturated rings. The van der Waals surface area contributed by atoms with Crippen molar-refractivity contribution >= 4 is 17.6 Å². The van der Waals surface area contributed by atoms with E-state index in [0.29, 0.717) is 5.56 Å². The zero-order valence-electron chi connectivity index (χ0n) is 14.0. The Balaban J connectivity index is 1.85. The van der Waals surface area contributed by atoms with Crippen LogP contribution in [0.1, 0.15) is 17.2 Å². The van der Waals surface area contributed by atoms with E-state index in [1.54, 1.807) is 0 Å². The quantitative estimate of drug-likeness (QED) is 0.503. The monoisotopic (exact) mass is 382 g/mol. The van der Waals surface area contributed by atoms with Gasteiger partial charge in [-0.05, 0) is 23.8 Å². The van der Waals surface area contributed by atoms with Gasteiger partial charge in [-0.1, -0.05) is 12.1 Å². The first-order valence-electron chi connectivity index (χ1n) is 7.88. The Morgan fingerprint density at radius 1 is 1.26 bits per heavy atom. The molecule has 142 valence electrons. The summed E-state index contributed by atoms with van der Waals surface area (Å²) in [6.45, 7) is 0.139. The number of rotatable bonds is 3. The molecule has 2 aromatic rings. The lowest BCUT2D eigenvalue weighted by atomic mass is 9.88. The van der Waals surface area contributed by atoms with Gasteiger partial charge in [0.1, 0.15) is 17.4 Å². The van der Waals surface area contributed by atoms with Gasteiger partial charge in [0.15, 0.2) is 0 Å². The number of hydrogen-bond donors (Lipinski definition) is 1. The molecule has 3 rings (SSSR count). The molecule has 1 N–H and O–H groups in total. The summed E-state index contributed by atoms with van der Waals surface area (Å²) in [7, 11) is 1.49. The van der Waals surface area contributed by atoms with Gasteiger partial charge in [0.05, 0.1) is 0 Å². The summed E-state index contributed by atoms with van der Waals surface area (Å²) in [6, 6.07) is 5.81. The van der Waals surface area contributed by atoms with E-state index >= 15 is 0 Å². The Morgan fingerprint density at radius 3 is 2.59 bits per heavy atom. The van der Waals surface area contributed by atoms with Gasteiger partial charge in [-0.2, -0.15) is 17.6 Å². The number of likely N-dealkylation sites (N-methyl/N-ethyl adjacent to an activating group) is 1. The SMILES string of the molecule is CN1C[C@@H](c2ccc(C(F)(F)F)nc2)[C@H](C(=O)Nc2cccc(F)n2)C1=O. The third-order valence-corrected chi connectivity index (χ3v) is 4.27. The molecule has 0 aromatic carbocycles. The minimum absolute atomic E-state index is 0.0633. The van der Waals surface area contributed by atoms with Crippen LogP contribution in [0.15, 0.2) is 36.5 Å². The Labute approximate surface area is 151 Å².